The number of aromatic nitrogens is 3. The predicted molar refractivity (Wildman–Crippen MR) is 261 cm³/mol. The van der Waals surface area contributed by atoms with Crippen molar-refractivity contribution in [2.45, 2.75) is 160 Å². The number of esters is 2. The van der Waals surface area contributed by atoms with Crippen molar-refractivity contribution < 1.29 is 23.9 Å². The number of H-pyrrole nitrogens is 3. The molecule has 0 unspecified atom stereocenters. The van der Waals surface area contributed by atoms with Crippen molar-refractivity contribution in [1.29, 1.82) is 0 Å². The van der Waals surface area contributed by atoms with Crippen molar-refractivity contribution in [3.05, 3.63) is 89.9 Å². The molecule has 64 heavy (non-hydrogen) atoms. The lowest BCUT2D eigenvalue weighted by Gasteiger charge is -2.19. The quantitative estimate of drug-likeness (QED) is 0.0508. The second-order valence-corrected chi connectivity index (χ2v) is 19.9. The Balaban J connectivity index is 1.21. The van der Waals surface area contributed by atoms with Crippen LogP contribution in [-0.4, -0.2) is 46.4 Å². The minimum atomic E-state index is -1.13. The van der Waals surface area contributed by atoms with E-state index in [-0.39, 0.29) is 36.6 Å². The van der Waals surface area contributed by atoms with Gasteiger partial charge in [-0.25, -0.2) is 0 Å². The molecule has 0 saturated carbocycles. The maximum Gasteiger partial charge on any atom is 0.321 e. The third kappa shape index (κ3) is 10.7. The Morgan fingerprint density at radius 1 is 0.766 bits per heavy atom. The number of Topliss-reactive ketones (excluding diaryl/α,β-unsaturated/α-hetero) is 1. The Bertz CT molecular complexity index is 2410. The van der Waals surface area contributed by atoms with Crippen LogP contribution in [0.25, 0.3) is 23.8 Å². The largest absolute Gasteiger partial charge is 0.468 e. The molecule has 4 N–H and O–H groups in total. The molecule has 3 aliphatic rings. The SMILES string of the molecule is CCc1c2[nH]c(c1C)/C=C1\N/C(=C3\c4[nH]c(c(C)c4C(=O)[C@@H]3C(=O)OC)/C=c3\[nH]/c(c(C)c3CC)=C\2)[C@@H](CCC(=O)OC/C=C(\C)CCC[C@H](C)CCC[C@H](C)CCCC(C)C)[C@@H]1C. The van der Waals surface area contributed by atoms with Gasteiger partial charge in [0.05, 0.1) is 12.8 Å². The molecule has 6 rings (SSSR count). The molecule has 5 atom stereocenters. The fraction of sp³-hybridized carbons (Fsp3) is 0.582. The summed E-state index contributed by atoms with van der Waals surface area (Å²) in [7, 11) is 1.33. The van der Waals surface area contributed by atoms with E-state index < -0.39 is 11.9 Å². The summed E-state index contributed by atoms with van der Waals surface area (Å²) in [5.74, 6) is -0.174. The van der Waals surface area contributed by atoms with Crippen LogP contribution in [0, 0.1) is 56.3 Å². The fourth-order valence-electron chi connectivity index (χ4n) is 10.7. The Morgan fingerprint density at radius 2 is 1.41 bits per heavy atom. The summed E-state index contributed by atoms with van der Waals surface area (Å²) in [6, 6.07) is 0. The number of aromatic amines is 3. The van der Waals surface area contributed by atoms with Crippen molar-refractivity contribution in [2.75, 3.05) is 13.7 Å². The van der Waals surface area contributed by atoms with Crippen molar-refractivity contribution in [1.82, 2.24) is 20.3 Å². The molecule has 9 heteroatoms. The first kappa shape index (κ1) is 48.7. The summed E-state index contributed by atoms with van der Waals surface area (Å²) in [6.45, 7) is 24.6. The summed E-state index contributed by atoms with van der Waals surface area (Å²) in [5, 5.41) is 5.76. The van der Waals surface area contributed by atoms with Crippen molar-refractivity contribution in [3.63, 3.8) is 0 Å². The van der Waals surface area contributed by atoms with Crippen LogP contribution in [0.1, 0.15) is 187 Å². The topological polar surface area (TPSA) is 129 Å². The average Bonchev–Trinajstić information content (AvgIpc) is 3.99. The average molecular weight is 875 g/mol. The highest BCUT2D eigenvalue weighted by Gasteiger charge is 2.48. The molecule has 2 aliphatic heterocycles. The van der Waals surface area contributed by atoms with Crippen LogP contribution in [0.15, 0.2) is 23.0 Å². The molecule has 0 spiro atoms. The van der Waals surface area contributed by atoms with E-state index in [0.29, 0.717) is 23.3 Å². The Labute approximate surface area is 383 Å². The number of ketones is 1. The van der Waals surface area contributed by atoms with Gasteiger partial charge >= 0.3 is 11.9 Å². The maximum atomic E-state index is 14.4. The van der Waals surface area contributed by atoms with E-state index in [0.717, 1.165) is 88.2 Å². The first-order chi connectivity index (χ1) is 30.6. The highest BCUT2D eigenvalue weighted by atomic mass is 16.5. The first-order valence-corrected chi connectivity index (χ1v) is 24.6. The molecular formula is C55H78N4O5. The van der Waals surface area contributed by atoms with E-state index in [1.807, 2.05) is 6.92 Å². The van der Waals surface area contributed by atoms with Gasteiger partial charge in [-0.2, -0.15) is 0 Å². The number of rotatable bonds is 20. The molecule has 348 valence electrons. The van der Waals surface area contributed by atoms with Gasteiger partial charge in [-0.15, -0.1) is 0 Å². The van der Waals surface area contributed by atoms with Gasteiger partial charge in [0.1, 0.15) is 12.5 Å². The van der Waals surface area contributed by atoms with Crippen LogP contribution in [0.2, 0.25) is 0 Å². The second-order valence-electron chi connectivity index (χ2n) is 19.9. The Kier molecular flexibility index (Phi) is 16.3. The molecule has 5 heterocycles. The lowest BCUT2D eigenvalue weighted by atomic mass is 9.85. The Morgan fingerprint density at radius 3 is 2.06 bits per heavy atom. The smallest absolute Gasteiger partial charge is 0.321 e. The highest BCUT2D eigenvalue weighted by molar-refractivity contribution is 6.24. The Hall–Kier alpha value is -4.79. The van der Waals surface area contributed by atoms with Gasteiger partial charge in [-0.3, -0.25) is 14.4 Å². The van der Waals surface area contributed by atoms with Crippen LogP contribution >= 0.6 is 0 Å². The summed E-state index contributed by atoms with van der Waals surface area (Å²) in [6.07, 6.45) is 22.3. The van der Waals surface area contributed by atoms with Crippen molar-refractivity contribution in [2.24, 2.45) is 35.5 Å². The van der Waals surface area contributed by atoms with Crippen LogP contribution in [0.5, 0.6) is 0 Å². The molecular weight excluding hydrogens is 797 g/mol. The monoisotopic (exact) mass is 875 g/mol. The maximum absolute atomic E-state index is 14.4. The van der Waals surface area contributed by atoms with Gasteiger partial charge < -0.3 is 29.7 Å². The second kappa shape index (κ2) is 21.5. The zero-order valence-corrected chi connectivity index (χ0v) is 41.2. The number of fused-ring (bicyclic) bond motifs is 7. The van der Waals surface area contributed by atoms with Crippen LogP contribution < -0.4 is 16.0 Å². The molecule has 9 nitrogen and oxygen atoms in total. The summed E-state index contributed by atoms with van der Waals surface area (Å²) >= 11 is 0. The molecule has 0 amide bonds. The number of nitrogens with one attached hydrogen (secondary N) is 4. The third-order valence-corrected chi connectivity index (χ3v) is 14.8. The molecule has 3 aromatic heterocycles. The van der Waals surface area contributed by atoms with E-state index in [1.165, 1.54) is 79.9 Å². The lowest BCUT2D eigenvalue weighted by Crippen LogP contribution is -2.25. The van der Waals surface area contributed by atoms with E-state index in [9.17, 15) is 14.4 Å². The van der Waals surface area contributed by atoms with E-state index in [4.69, 9.17) is 9.47 Å². The van der Waals surface area contributed by atoms with E-state index >= 15 is 0 Å². The number of hydrogen-bond donors (Lipinski definition) is 4. The molecule has 3 aromatic rings. The van der Waals surface area contributed by atoms with E-state index in [2.05, 4.69) is 114 Å². The fourth-order valence-corrected chi connectivity index (χ4v) is 10.7. The number of carbonyl (C=O) groups excluding carboxylic acids is 3. The summed E-state index contributed by atoms with van der Waals surface area (Å²) in [5.41, 5.74) is 13.2. The molecule has 1 saturated heterocycles. The van der Waals surface area contributed by atoms with E-state index in [1.54, 1.807) is 0 Å². The number of hydrogen-bond acceptors (Lipinski definition) is 6. The van der Waals surface area contributed by atoms with Gasteiger partial charge in [0.25, 0.3) is 0 Å². The van der Waals surface area contributed by atoms with Gasteiger partial charge in [0.15, 0.2) is 5.78 Å². The van der Waals surface area contributed by atoms with Crippen molar-refractivity contribution in [3.8, 4) is 0 Å². The normalized spacial score (nSPS) is 22.1. The standard InChI is InChI=1S/C55H78N4O5/c1-13-39-35(8)42-28-44-37(10)41(24-25-48(60)64-27-26-34(7)23-17-22-33(6)21-16-20-32(5)19-15-18-31(3)4)52(58-44)50-51(55(62)63-12)54(61)49-38(11)45(59-53(49)50)30-47-40(14-2)36(9)43(57-47)29-46(39)56-42/h26,28-33,37,41,51,56-59H,13-25,27H2,1-12H3/b34-26+,43-29-,44-28-,47-30-,52-50-/t32-,33-,37+,41+,51-/m1/s1. The summed E-state index contributed by atoms with van der Waals surface area (Å²) in [4.78, 5) is 52.5. The summed E-state index contributed by atoms with van der Waals surface area (Å²) < 4.78 is 11.1. The first-order valence-electron chi connectivity index (χ1n) is 24.6. The number of ether oxygens (including phenoxy) is 2. The number of allylic oxidation sites excluding steroid dienone is 3. The third-order valence-electron chi connectivity index (χ3n) is 14.8. The highest BCUT2D eigenvalue weighted by Crippen LogP contribution is 2.48. The van der Waals surface area contributed by atoms with Crippen LogP contribution in [0.3, 0.4) is 0 Å². The molecule has 8 bridgehead atoms. The minimum Gasteiger partial charge on any atom is -0.468 e. The van der Waals surface area contributed by atoms with Crippen LogP contribution in [-0.2, 0) is 31.9 Å². The molecule has 0 radical (unpaired) electrons. The van der Waals surface area contributed by atoms with Gasteiger partial charge in [0.2, 0.25) is 0 Å². The zero-order chi connectivity index (χ0) is 46.4. The van der Waals surface area contributed by atoms with Gasteiger partial charge in [0, 0.05) is 68.6 Å². The van der Waals surface area contributed by atoms with Gasteiger partial charge in [-0.1, -0.05) is 99.0 Å². The molecule has 0 aromatic carbocycles. The number of methoxy groups -OCH3 is 1. The predicted octanol–water partition coefficient (Wildman–Crippen LogP) is 11.0. The van der Waals surface area contributed by atoms with Crippen molar-refractivity contribution >= 4 is 41.5 Å². The molecule has 1 fully saturated rings. The number of carbonyl (C=O) groups is 3. The van der Waals surface area contributed by atoms with Crippen LogP contribution in [0.4, 0.5) is 0 Å². The zero-order valence-electron chi connectivity index (χ0n) is 41.2. The van der Waals surface area contributed by atoms with Gasteiger partial charge in [-0.05, 0) is 130 Å². The molecule has 1 aliphatic carbocycles. The lowest BCUT2D eigenvalue weighted by molar-refractivity contribution is -0.143. The minimum absolute atomic E-state index is 0.0618.